The van der Waals surface area contributed by atoms with Gasteiger partial charge < -0.3 is 9.64 Å². The fourth-order valence-corrected chi connectivity index (χ4v) is 4.07. The van der Waals surface area contributed by atoms with E-state index < -0.39 is 10.0 Å². The summed E-state index contributed by atoms with van der Waals surface area (Å²) in [6, 6.07) is 9.51. The number of sulfonamides is 1. The van der Waals surface area contributed by atoms with Crippen LogP contribution in [0.15, 0.2) is 35.7 Å². The number of piperazine rings is 1. The number of benzene rings is 1. The lowest BCUT2D eigenvalue weighted by Gasteiger charge is -2.34. The smallest absolute Gasteiger partial charge is 0.236 e. The summed E-state index contributed by atoms with van der Waals surface area (Å²) in [4.78, 5) is 10.7. The molecule has 0 N–H and O–H groups in total. The Labute approximate surface area is 160 Å². The molecule has 0 bridgehead atoms. The highest BCUT2D eigenvalue weighted by atomic mass is 32.2. The highest BCUT2D eigenvalue weighted by molar-refractivity contribution is 7.92. The molecule has 1 aromatic carbocycles. The lowest BCUT2D eigenvalue weighted by atomic mass is 10.2. The van der Waals surface area contributed by atoms with Gasteiger partial charge in [0.05, 0.1) is 7.11 Å². The summed E-state index contributed by atoms with van der Waals surface area (Å²) in [6.07, 6.45) is 1.64. The van der Waals surface area contributed by atoms with Crippen molar-refractivity contribution in [3.8, 4) is 5.88 Å². The predicted octanol–water partition coefficient (Wildman–Crippen LogP) is 2.22. The number of anilines is 1. The molecule has 7 nitrogen and oxygen atoms in total. The quantitative estimate of drug-likeness (QED) is 0.782. The van der Waals surface area contributed by atoms with Gasteiger partial charge in [0, 0.05) is 37.7 Å². The molecular formula is C19H24N4O3S. The standard InChI is InChI=1S/C19H24N4O3S/c1-15-4-6-17(7-5-15)8-13-27(24,25)23-11-9-22(10-12-23)18-14-19(26-3)21-16(2)20-18/h4-8,13-14H,9-12H2,1-3H3/b13-8+. The third kappa shape index (κ3) is 4.84. The van der Waals surface area contributed by atoms with Crippen molar-refractivity contribution >= 4 is 21.9 Å². The molecule has 0 radical (unpaired) electrons. The highest BCUT2D eigenvalue weighted by Crippen LogP contribution is 2.20. The van der Waals surface area contributed by atoms with Crippen LogP contribution in [0.1, 0.15) is 17.0 Å². The average molecular weight is 388 g/mol. The van der Waals surface area contributed by atoms with E-state index in [4.69, 9.17) is 4.74 Å². The number of hydrogen-bond donors (Lipinski definition) is 0. The molecule has 1 fully saturated rings. The largest absolute Gasteiger partial charge is 0.481 e. The fourth-order valence-electron chi connectivity index (χ4n) is 2.89. The molecule has 0 saturated carbocycles. The van der Waals surface area contributed by atoms with Gasteiger partial charge >= 0.3 is 0 Å². The number of aryl methyl sites for hydroxylation is 2. The molecule has 1 aromatic heterocycles. The van der Waals surface area contributed by atoms with Gasteiger partial charge in [0.15, 0.2) is 0 Å². The van der Waals surface area contributed by atoms with Crippen molar-refractivity contribution in [2.75, 3.05) is 38.2 Å². The van der Waals surface area contributed by atoms with Gasteiger partial charge in [-0.2, -0.15) is 9.29 Å². The molecule has 0 amide bonds. The average Bonchev–Trinajstić information content (AvgIpc) is 2.67. The molecular weight excluding hydrogens is 364 g/mol. The van der Waals surface area contributed by atoms with E-state index in [1.807, 2.05) is 43.0 Å². The van der Waals surface area contributed by atoms with Crippen LogP contribution in [0.25, 0.3) is 6.08 Å². The monoisotopic (exact) mass is 388 g/mol. The molecule has 3 rings (SSSR count). The molecule has 1 saturated heterocycles. The predicted molar refractivity (Wildman–Crippen MR) is 106 cm³/mol. The third-order valence-corrected chi connectivity index (χ3v) is 6.01. The van der Waals surface area contributed by atoms with Gasteiger partial charge in [0.2, 0.25) is 15.9 Å². The van der Waals surface area contributed by atoms with E-state index in [0.29, 0.717) is 37.9 Å². The van der Waals surface area contributed by atoms with Crippen molar-refractivity contribution in [3.63, 3.8) is 0 Å². The number of ether oxygens (including phenoxy) is 1. The first-order valence-electron chi connectivity index (χ1n) is 8.77. The van der Waals surface area contributed by atoms with Crippen molar-refractivity contribution in [3.05, 3.63) is 52.7 Å². The summed E-state index contributed by atoms with van der Waals surface area (Å²) in [5.74, 6) is 1.89. The number of aromatic nitrogens is 2. The molecule has 0 spiro atoms. The Kier molecular flexibility index (Phi) is 5.76. The molecule has 8 heteroatoms. The molecule has 2 heterocycles. The van der Waals surface area contributed by atoms with Crippen molar-refractivity contribution in [2.24, 2.45) is 0 Å². The molecule has 1 aliphatic heterocycles. The molecule has 27 heavy (non-hydrogen) atoms. The highest BCUT2D eigenvalue weighted by Gasteiger charge is 2.26. The summed E-state index contributed by atoms with van der Waals surface area (Å²) in [5, 5.41) is 1.28. The van der Waals surface area contributed by atoms with Crippen LogP contribution in [0, 0.1) is 13.8 Å². The van der Waals surface area contributed by atoms with Crippen LogP contribution in [0.5, 0.6) is 5.88 Å². The Bertz CT molecular complexity index is 918. The van der Waals surface area contributed by atoms with Gasteiger partial charge in [-0.3, -0.25) is 0 Å². The summed E-state index contributed by atoms with van der Waals surface area (Å²) in [5.41, 5.74) is 2.01. The summed E-state index contributed by atoms with van der Waals surface area (Å²) in [6.45, 7) is 5.76. The number of nitrogens with zero attached hydrogens (tertiary/aromatic N) is 4. The third-order valence-electron chi connectivity index (χ3n) is 4.44. The number of hydrogen-bond acceptors (Lipinski definition) is 6. The minimum Gasteiger partial charge on any atom is -0.481 e. The van der Waals surface area contributed by atoms with Crippen molar-refractivity contribution in [1.82, 2.24) is 14.3 Å². The van der Waals surface area contributed by atoms with E-state index in [0.717, 1.165) is 16.9 Å². The van der Waals surface area contributed by atoms with Crippen LogP contribution in [-0.2, 0) is 10.0 Å². The van der Waals surface area contributed by atoms with Crippen LogP contribution < -0.4 is 9.64 Å². The summed E-state index contributed by atoms with van der Waals surface area (Å²) < 4.78 is 31.9. The van der Waals surface area contributed by atoms with Gasteiger partial charge in [-0.15, -0.1) is 0 Å². The molecule has 144 valence electrons. The zero-order chi connectivity index (χ0) is 19.4. The van der Waals surface area contributed by atoms with Crippen LogP contribution in [-0.4, -0.2) is 56.0 Å². The second-order valence-electron chi connectivity index (χ2n) is 6.46. The second kappa shape index (κ2) is 8.06. The summed E-state index contributed by atoms with van der Waals surface area (Å²) >= 11 is 0. The van der Waals surface area contributed by atoms with E-state index >= 15 is 0 Å². The fraction of sp³-hybridized carbons (Fsp3) is 0.368. The molecule has 0 atom stereocenters. The number of methoxy groups -OCH3 is 1. The topological polar surface area (TPSA) is 75.6 Å². The van der Waals surface area contributed by atoms with E-state index in [2.05, 4.69) is 9.97 Å². The van der Waals surface area contributed by atoms with Gasteiger partial charge in [0.25, 0.3) is 0 Å². The van der Waals surface area contributed by atoms with E-state index in [1.54, 1.807) is 19.3 Å². The van der Waals surface area contributed by atoms with Crippen LogP contribution in [0.2, 0.25) is 0 Å². The van der Waals surface area contributed by atoms with E-state index in [9.17, 15) is 8.42 Å². The van der Waals surface area contributed by atoms with Crippen LogP contribution in [0.3, 0.4) is 0 Å². The Morgan fingerprint density at radius 3 is 2.33 bits per heavy atom. The minimum atomic E-state index is -3.45. The molecule has 0 aliphatic carbocycles. The first-order valence-corrected chi connectivity index (χ1v) is 10.3. The van der Waals surface area contributed by atoms with Crippen LogP contribution >= 0.6 is 0 Å². The van der Waals surface area contributed by atoms with E-state index in [1.165, 1.54) is 9.71 Å². The van der Waals surface area contributed by atoms with E-state index in [-0.39, 0.29) is 0 Å². The molecule has 0 unspecified atom stereocenters. The van der Waals surface area contributed by atoms with Gasteiger partial charge in [-0.1, -0.05) is 29.8 Å². The van der Waals surface area contributed by atoms with Crippen LogP contribution in [0.4, 0.5) is 5.82 Å². The maximum Gasteiger partial charge on any atom is 0.236 e. The SMILES string of the molecule is COc1cc(N2CCN(S(=O)(=O)/C=C/c3ccc(C)cc3)CC2)nc(C)n1. The van der Waals surface area contributed by atoms with Gasteiger partial charge in [0.1, 0.15) is 11.6 Å². The molecule has 2 aromatic rings. The Morgan fingerprint density at radius 1 is 1.04 bits per heavy atom. The summed E-state index contributed by atoms with van der Waals surface area (Å²) in [7, 11) is -1.88. The Hall–Kier alpha value is -2.45. The second-order valence-corrected chi connectivity index (χ2v) is 8.28. The molecule has 1 aliphatic rings. The Balaban J connectivity index is 1.65. The van der Waals surface area contributed by atoms with Gasteiger partial charge in [-0.25, -0.2) is 13.4 Å². The lowest BCUT2D eigenvalue weighted by Crippen LogP contribution is -2.48. The zero-order valence-corrected chi connectivity index (χ0v) is 16.6. The lowest BCUT2D eigenvalue weighted by molar-refractivity contribution is 0.384. The number of rotatable bonds is 5. The zero-order valence-electron chi connectivity index (χ0n) is 15.8. The van der Waals surface area contributed by atoms with Crippen molar-refractivity contribution in [1.29, 1.82) is 0 Å². The first kappa shape index (κ1) is 19.3. The minimum absolute atomic E-state index is 0.409. The normalized spacial score (nSPS) is 16.0. The van der Waals surface area contributed by atoms with Gasteiger partial charge in [-0.05, 0) is 25.5 Å². The van der Waals surface area contributed by atoms with Crippen molar-refractivity contribution in [2.45, 2.75) is 13.8 Å². The maximum atomic E-state index is 12.6. The Morgan fingerprint density at radius 2 is 1.70 bits per heavy atom. The first-order chi connectivity index (χ1) is 12.9. The van der Waals surface area contributed by atoms with Crippen molar-refractivity contribution < 1.29 is 13.2 Å². The maximum absolute atomic E-state index is 12.6.